The molecule has 0 aromatic heterocycles. The SMILES string of the molecule is CC1=CN([N+](=O)[O-])C=C(C)C1C(C)([N+](=O)[O-])[N+](=O)[O-]. The molecule has 0 aromatic rings. The van der Waals surface area contributed by atoms with E-state index < -0.39 is 26.5 Å². The van der Waals surface area contributed by atoms with E-state index in [1.165, 1.54) is 13.8 Å². The van der Waals surface area contributed by atoms with Crippen LogP contribution in [0.2, 0.25) is 0 Å². The zero-order chi connectivity index (χ0) is 15.0. The van der Waals surface area contributed by atoms with Gasteiger partial charge in [0.05, 0.1) is 29.2 Å². The van der Waals surface area contributed by atoms with Crippen molar-refractivity contribution in [2.45, 2.75) is 26.4 Å². The number of rotatable bonds is 4. The number of nitro groups is 3. The summed E-state index contributed by atoms with van der Waals surface area (Å²) >= 11 is 0. The van der Waals surface area contributed by atoms with Gasteiger partial charge in [-0.1, -0.05) is 5.01 Å². The first-order valence-corrected chi connectivity index (χ1v) is 5.20. The quantitative estimate of drug-likeness (QED) is 0.426. The molecule has 0 saturated carbocycles. The van der Waals surface area contributed by atoms with Gasteiger partial charge in [-0.3, -0.25) is 20.2 Å². The summed E-state index contributed by atoms with van der Waals surface area (Å²) in [4.78, 5) is 30.7. The molecule has 0 spiro atoms. The van der Waals surface area contributed by atoms with Gasteiger partial charge in [0.2, 0.25) is 0 Å². The summed E-state index contributed by atoms with van der Waals surface area (Å²) in [5.74, 6) is -1.13. The largest absolute Gasteiger partial charge is 0.465 e. The van der Waals surface area contributed by atoms with Crippen LogP contribution in [0.3, 0.4) is 0 Å². The number of hydrogen-bond donors (Lipinski definition) is 0. The van der Waals surface area contributed by atoms with E-state index in [4.69, 9.17) is 0 Å². The van der Waals surface area contributed by atoms with Crippen LogP contribution in [0.5, 0.6) is 0 Å². The van der Waals surface area contributed by atoms with Gasteiger partial charge in [0.15, 0.2) is 5.03 Å². The van der Waals surface area contributed by atoms with E-state index in [-0.39, 0.29) is 11.1 Å². The molecule has 0 aromatic carbocycles. The summed E-state index contributed by atoms with van der Waals surface area (Å²) in [6.07, 6.45) is 2.09. The first kappa shape index (κ1) is 14.5. The Bertz CT molecular complexity index is 477. The third kappa shape index (κ3) is 2.23. The lowest BCUT2D eigenvalue weighted by Crippen LogP contribution is -2.51. The van der Waals surface area contributed by atoms with Crippen LogP contribution in [-0.4, -0.2) is 25.6 Å². The maximum absolute atomic E-state index is 11.0. The van der Waals surface area contributed by atoms with Crippen LogP contribution in [0.15, 0.2) is 23.5 Å². The monoisotopic (exact) mass is 272 g/mol. The van der Waals surface area contributed by atoms with Gasteiger partial charge in [-0.15, -0.1) is 0 Å². The Kier molecular flexibility index (Phi) is 3.54. The van der Waals surface area contributed by atoms with Crippen LogP contribution >= 0.6 is 0 Å². The van der Waals surface area contributed by atoms with E-state index in [9.17, 15) is 30.3 Å². The van der Waals surface area contributed by atoms with Gasteiger partial charge in [-0.25, -0.2) is 10.1 Å². The number of hydrogen-bond acceptors (Lipinski definition) is 6. The molecular formula is C9H12N4O6. The second kappa shape index (κ2) is 4.63. The van der Waals surface area contributed by atoms with Crippen molar-refractivity contribution in [3.8, 4) is 0 Å². The second-order valence-electron chi connectivity index (χ2n) is 4.41. The topological polar surface area (TPSA) is 133 Å². The van der Waals surface area contributed by atoms with Gasteiger partial charge in [-0.2, -0.15) is 0 Å². The minimum Gasteiger partial charge on any atom is -0.258 e. The van der Waals surface area contributed by atoms with Crippen LogP contribution < -0.4 is 0 Å². The Morgan fingerprint density at radius 3 is 1.68 bits per heavy atom. The van der Waals surface area contributed by atoms with Gasteiger partial charge in [0.1, 0.15) is 5.92 Å². The molecule has 19 heavy (non-hydrogen) atoms. The van der Waals surface area contributed by atoms with Crippen molar-refractivity contribution in [3.63, 3.8) is 0 Å². The molecule has 0 amide bonds. The molecular weight excluding hydrogens is 260 g/mol. The van der Waals surface area contributed by atoms with Gasteiger partial charge in [0, 0.05) is 0 Å². The summed E-state index contributed by atoms with van der Waals surface area (Å²) in [6.45, 7) is 3.68. The summed E-state index contributed by atoms with van der Waals surface area (Å²) in [5.41, 5.74) is -2.08. The fourth-order valence-electron chi connectivity index (χ4n) is 2.20. The van der Waals surface area contributed by atoms with E-state index in [1.54, 1.807) is 0 Å². The molecule has 0 radical (unpaired) electrons. The third-order valence-corrected chi connectivity index (χ3v) is 3.06. The highest BCUT2D eigenvalue weighted by Crippen LogP contribution is 2.36. The van der Waals surface area contributed by atoms with Crippen LogP contribution in [0, 0.1) is 36.3 Å². The van der Waals surface area contributed by atoms with Crippen molar-refractivity contribution in [1.82, 2.24) is 5.01 Å². The van der Waals surface area contributed by atoms with Crippen LogP contribution in [0.4, 0.5) is 0 Å². The predicted molar refractivity (Wildman–Crippen MR) is 62.2 cm³/mol. The highest BCUT2D eigenvalue weighted by molar-refractivity contribution is 5.25. The molecule has 1 rings (SSSR count). The molecule has 0 atom stereocenters. The molecule has 10 heteroatoms. The van der Waals surface area contributed by atoms with E-state index in [2.05, 4.69) is 0 Å². The molecule has 10 nitrogen and oxygen atoms in total. The predicted octanol–water partition coefficient (Wildman–Crippen LogP) is 1.19. The first-order chi connectivity index (χ1) is 8.62. The number of nitrogens with zero attached hydrogens (tertiary/aromatic N) is 4. The van der Waals surface area contributed by atoms with Crippen LogP contribution in [-0.2, 0) is 0 Å². The maximum Gasteiger partial charge on any atom is 0.465 e. The van der Waals surface area contributed by atoms with Crippen molar-refractivity contribution in [2.75, 3.05) is 0 Å². The average molecular weight is 272 g/mol. The molecule has 0 aliphatic carbocycles. The summed E-state index contributed by atoms with van der Waals surface area (Å²) < 4.78 is 0. The standard InChI is InChI=1S/C9H12N4O6/c1-6-4-10(13(18)19)5-7(2)8(6)9(3,11(14)15)12(16)17/h4-5,8H,1-3H3. The third-order valence-electron chi connectivity index (χ3n) is 3.06. The molecule has 0 N–H and O–H groups in total. The van der Waals surface area contributed by atoms with Gasteiger partial charge in [0.25, 0.3) is 0 Å². The summed E-state index contributed by atoms with van der Waals surface area (Å²) in [6, 6.07) is 0. The van der Waals surface area contributed by atoms with Crippen molar-refractivity contribution < 1.29 is 14.9 Å². The fraction of sp³-hybridized carbons (Fsp3) is 0.556. The normalized spacial score (nSPS) is 16.7. The fourth-order valence-corrected chi connectivity index (χ4v) is 2.20. The molecule has 0 saturated heterocycles. The second-order valence-corrected chi connectivity index (χ2v) is 4.41. The molecule has 1 aliphatic rings. The van der Waals surface area contributed by atoms with Crippen LogP contribution in [0.25, 0.3) is 0 Å². The van der Waals surface area contributed by atoms with Gasteiger partial charge < -0.3 is 0 Å². The lowest BCUT2D eigenvalue weighted by atomic mass is 9.82. The summed E-state index contributed by atoms with van der Waals surface area (Å²) in [7, 11) is 0. The molecule has 1 aliphatic heterocycles. The molecule has 0 bridgehead atoms. The van der Waals surface area contributed by atoms with E-state index in [0.29, 0.717) is 5.01 Å². The smallest absolute Gasteiger partial charge is 0.258 e. The Labute approximate surface area is 107 Å². The lowest BCUT2D eigenvalue weighted by molar-refractivity contribution is -0.798. The van der Waals surface area contributed by atoms with Gasteiger partial charge >= 0.3 is 5.66 Å². The van der Waals surface area contributed by atoms with E-state index in [0.717, 1.165) is 19.3 Å². The number of hydrazine groups is 1. The minimum atomic E-state index is -2.45. The average Bonchev–Trinajstić information content (AvgIpc) is 2.26. The van der Waals surface area contributed by atoms with Crippen molar-refractivity contribution >= 4 is 0 Å². The van der Waals surface area contributed by atoms with Crippen molar-refractivity contribution in [1.29, 1.82) is 0 Å². The molecule has 1 heterocycles. The Morgan fingerprint density at radius 2 is 1.42 bits per heavy atom. The highest BCUT2D eigenvalue weighted by Gasteiger charge is 2.60. The van der Waals surface area contributed by atoms with E-state index >= 15 is 0 Å². The van der Waals surface area contributed by atoms with E-state index in [1.807, 2.05) is 0 Å². The highest BCUT2D eigenvalue weighted by atomic mass is 16.7. The van der Waals surface area contributed by atoms with Crippen LogP contribution in [0.1, 0.15) is 20.8 Å². The minimum absolute atomic E-state index is 0.188. The molecule has 0 fully saturated rings. The maximum atomic E-state index is 11.0. The zero-order valence-electron chi connectivity index (χ0n) is 10.5. The Morgan fingerprint density at radius 1 is 1.05 bits per heavy atom. The zero-order valence-corrected chi connectivity index (χ0v) is 10.5. The lowest BCUT2D eigenvalue weighted by Gasteiger charge is -2.27. The Balaban J connectivity index is 3.33. The van der Waals surface area contributed by atoms with Gasteiger partial charge in [-0.05, 0) is 25.0 Å². The van der Waals surface area contributed by atoms with Crippen molar-refractivity contribution in [3.05, 3.63) is 53.9 Å². The first-order valence-electron chi connectivity index (χ1n) is 5.20. The van der Waals surface area contributed by atoms with Crippen molar-refractivity contribution in [2.24, 2.45) is 5.92 Å². The summed E-state index contributed by atoms with van der Waals surface area (Å²) in [5, 5.41) is 32.6. The molecule has 104 valence electrons. The Hall–Kier alpha value is -2.52. The molecule has 0 unspecified atom stereocenters.